The summed E-state index contributed by atoms with van der Waals surface area (Å²) in [4.78, 5) is 13.7. The number of halogens is 2. The van der Waals surface area contributed by atoms with Gasteiger partial charge in [-0.1, -0.05) is 11.6 Å². The van der Waals surface area contributed by atoms with Gasteiger partial charge < -0.3 is 9.64 Å². The fourth-order valence-corrected chi connectivity index (χ4v) is 1.94. The van der Waals surface area contributed by atoms with Crippen LogP contribution in [0.25, 0.3) is 0 Å². The van der Waals surface area contributed by atoms with E-state index < -0.39 is 5.82 Å². The number of hydrogen-bond donors (Lipinski definition) is 0. The zero-order valence-corrected chi connectivity index (χ0v) is 10.9. The third-order valence-corrected chi connectivity index (χ3v) is 3.21. The van der Waals surface area contributed by atoms with Crippen molar-refractivity contribution in [2.24, 2.45) is 0 Å². The number of amides is 1. The number of carbonyl (C=O) groups is 1. The standard InChI is InChI=1S/C13H15ClFNO2/c1-2-16(9-3-4-9)13(17)8-18-10-5-6-11(14)12(15)7-10/h5-7,9H,2-4,8H2,1H3. The van der Waals surface area contributed by atoms with Crippen molar-refractivity contribution in [2.45, 2.75) is 25.8 Å². The van der Waals surface area contributed by atoms with Crippen LogP contribution >= 0.6 is 11.6 Å². The monoisotopic (exact) mass is 271 g/mol. The van der Waals surface area contributed by atoms with E-state index in [9.17, 15) is 9.18 Å². The van der Waals surface area contributed by atoms with Crippen LogP contribution in [0.4, 0.5) is 4.39 Å². The highest BCUT2D eigenvalue weighted by atomic mass is 35.5. The molecule has 1 aliphatic rings. The van der Waals surface area contributed by atoms with Gasteiger partial charge in [0.25, 0.3) is 5.91 Å². The number of benzene rings is 1. The quantitative estimate of drug-likeness (QED) is 0.824. The van der Waals surface area contributed by atoms with E-state index in [2.05, 4.69) is 0 Å². The summed E-state index contributed by atoms with van der Waals surface area (Å²) in [5.74, 6) is -0.288. The number of rotatable bonds is 5. The molecule has 3 nitrogen and oxygen atoms in total. The van der Waals surface area contributed by atoms with Crippen molar-refractivity contribution in [1.29, 1.82) is 0 Å². The summed E-state index contributed by atoms with van der Waals surface area (Å²) in [5.41, 5.74) is 0. The number of nitrogens with zero attached hydrogens (tertiary/aromatic N) is 1. The fraction of sp³-hybridized carbons (Fsp3) is 0.462. The maximum atomic E-state index is 13.2. The van der Waals surface area contributed by atoms with E-state index in [1.54, 1.807) is 11.0 Å². The Bertz CT molecular complexity index is 449. The van der Waals surface area contributed by atoms with Crippen LogP contribution < -0.4 is 4.74 Å². The Morgan fingerprint density at radius 1 is 1.56 bits per heavy atom. The Morgan fingerprint density at radius 2 is 2.28 bits per heavy atom. The molecule has 1 fully saturated rings. The first kappa shape index (κ1) is 13.1. The Hall–Kier alpha value is -1.29. The summed E-state index contributed by atoms with van der Waals surface area (Å²) in [6.07, 6.45) is 2.13. The second-order valence-electron chi connectivity index (χ2n) is 4.28. The number of likely N-dealkylation sites (N-methyl/N-ethyl adjacent to an activating group) is 1. The summed E-state index contributed by atoms with van der Waals surface area (Å²) in [6.45, 7) is 2.56. The van der Waals surface area contributed by atoms with Crippen molar-refractivity contribution in [3.8, 4) is 5.75 Å². The van der Waals surface area contributed by atoms with Crippen LogP contribution in [0, 0.1) is 5.82 Å². The highest BCUT2D eigenvalue weighted by molar-refractivity contribution is 6.30. The molecule has 0 aromatic heterocycles. The smallest absolute Gasteiger partial charge is 0.260 e. The average Bonchev–Trinajstić information content (AvgIpc) is 3.16. The molecule has 1 aliphatic carbocycles. The van der Waals surface area contributed by atoms with Crippen LogP contribution in [-0.4, -0.2) is 30.0 Å². The van der Waals surface area contributed by atoms with Crippen molar-refractivity contribution in [3.63, 3.8) is 0 Å². The van der Waals surface area contributed by atoms with Crippen LogP contribution in [-0.2, 0) is 4.79 Å². The lowest BCUT2D eigenvalue weighted by atomic mass is 10.3. The number of carbonyl (C=O) groups excluding carboxylic acids is 1. The minimum absolute atomic E-state index is 0.0434. The first-order valence-corrected chi connectivity index (χ1v) is 6.37. The minimum Gasteiger partial charge on any atom is -0.484 e. The third-order valence-electron chi connectivity index (χ3n) is 2.90. The molecular formula is C13H15ClFNO2. The molecule has 0 atom stereocenters. The van der Waals surface area contributed by atoms with Crippen molar-refractivity contribution < 1.29 is 13.9 Å². The van der Waals surface area contributed by atoms with E-state index in [1.807, 2.05) is 6.92 Å². The minimum atomic E-state index is -0.545. The third kappa shape index (κ3) is 3.13. The van der Waals surface area contributed by atoms with Gasteiger partial charge in [-0.15, -0.1) is 0 Å². The summed E-state index contributed by atoms with van der Waals surface area (Å²) in [7, 11) is 0. The fourth-order valence-electron chi connectivity index (χ4n) is 1.82. The molecule has 18 heavy (non-hydrogen) atoms. The Labute approximate surface area is 110 Å². The molecule has 98 valence electrons. The highest BCUT2D eigenvalue weighted by Gasteiger charge is 2.31. The molecule has 1 aromatic rings. The van der Waals surface area contributed by atoms with E-state index >= 15 is 0 Å². The molecule has 0 unspecified atom stereocenters. The SMILES string of the molecule is CCN(C(=O)COc1ccc(Cl)c(F)c1)C1CC1. The van der Waals surface area contributed by atoms with Crippen molar-refractivity contribution >= 4 is 17.5 Å². The van der Waals surface area contributed by atoms with Gasteiger partial charge in [0, 0.05) is 18.7 Å². The van der Waals surface area contributed by atoms with Crippen LogP contribution in [0.1, 0.15) is 19.8 Å². The second kappa shape index (κ2) is 5.57. The van der Waals surface area contributed by atoms with E-state index in [0.29, 0.717) is 18.3 Å². The Kier molecular flexibility index (Phi) is 4.07. The van der Waals surface area contributed by atoms with E-state index in [-0.39, 0.29) is 17.5 Å². The molecule has 2 rings (SSSR count). The first-order chi connectivity index (χ1) is 8.61. The second-order valence-corrected chi connectivity index (χ2v) is 4.68. The van der Waals surface area contributed by atoms with E-state index in [1.165, 1.54) is 12.1 Å². The predicted molar refractivity (Wildman–Crippen MR) is 67.3 cm³/mol. The van der Waals surface area contributed by atoms with Crippen molar-refractivity contribution in [2.75, 3.05) is 13.2 Å². The molecule has 0 spiro atoms. The van der Waals surface area contributed by atoms with Crippen LogP contribution in [0.2, 0.25) is 5.02 Å². The van der Waals surface area contributed by atoms with Gasteiger partial charge in [-0.05, 0) is 31.9 Å². The first-order valence-electron chi connectivity index (χ1n) is 5.99. The highest BCUT2D eigenvalue weighted by Crippen LogP contribution is 2.26. The van der Waals surface area contributed by atoms with Crippen molar-refractivity contribution in [3.05, 3.63) is 29.0 Å². The maximum absolute atomic E-state index is 13.2. The van der Waals surface area contributed by atoms with E-state index in [0.717, 1.165) is 12.8 Å². The Morgan fingerprint density at radius 3 is 2.83 bits per heavy atom. The van der Waals surface area contributed by atoms with Gasteiger partial charge in [0.15, 0.2) is 6.61 Å². The molecule has 0 radical (unpaired) electrons. The van der Waals surface area contributed by atoms with Crippen LogP contribution in [0.5, 0.6) is 5.75 Å². The zero-order chi connectivity index (χ0) is 13.1. The predicted octanol–water partition coefficient (Wildman–Crippen LogP) is 2.87. The lowest BCUT2D eigenvalue weighted by molar-refractivity contribution is -0.133. The van der Waals surface area contributed by atoms with Gasteiger partial charge >= 0.3 is 0 Å². The van der Waals surface area contributed by atoms with E-state index in [4.69, 9.17) is 16.3 Å². The zero-order valence-electron chi connectivity index (χ0n) is 10.2. The molecule has 0 bridgehead atoms. The molecule has 0 saturated heterocycles. The van der Waals surface area contributed by atoms with Gasteiger partial charge in [0.2, 0.25) is 0 Å². The van der Waals surface area contributed by atoms with Crippen LogP contribution in [0.15, 0.2) is 18.2 Å². The molecule has 0 aliphatic heterocycles. The lowest BCUT2D eigenvalue weighted by Gasteiger charge is -2.20. The largest absolute Gasteiger partial charge is 0.484 e. The van der Waals surface area contributed by atoms with Gasteiger partial charge in [0.05, 0.1) is 5.02 Å². The maximum Gasteiger partial charge on any atom is 0.260 e. The molecule has 0 heterocycles. The number of ether oxygens (including phenoxy) is 1. The van der Waals surface area contributed by atoms with Crippen LogP contribution in [0.3, 0.4) is 0 Å². The topological polar surface area (TPSA) is 29.5 Å². The summed E-state index contributed by atoms with van der Waals surface area (Å²) in [5, 5.41) is 0.0434. The van der Waals surface area contributed by atoms with Gasteiger partial charge in [-0.3, -0.25) is 4.79 Å². The summed E-state index contributed by atoms with van der Waals surface area (Å²) >= 11 is 5.56. The Balaban J connectivity index is 1.90. The van der Waals surface area contributed by atoms with Crippen molar-refractivity contribution in [1.82, 2.24) is 4.90 Å². The lowest BCUT2D eigenvalue weighted by Crippen LogP contribution is -2.36. The molecule has 1 aromatic carbocycles. The van der Waals surface area contributed by atoms with Gasteiger partial charge in [-0.25, -0.2) is 4.39 Å². The van der Waals surface area contributed by atoms with Gasteiger partial charge in [-0.2, -0.15) is 0 Å². The molecule has 1 saturated carbocycles. The normalized spacial score (nSPS) is 14.4. The summed E-state index contributed by atoms with van der Waals surface area (Å²) < 4.78 is 18.4. The summed E-state index contributed by atoms with van der Waals surface area (Å²) in [6, 6.07) is 4.51. The molecular weight excluding hydrogens is 257 g/mol. The average molecular weight is 272 g/mol. The molecule has 0 N–H and O–H groups in total. The van der Waals surface area contributed by atoms with Gasteiger partial charge in [0.1, 0.15) is 11.6 Å². The molecule has 5 heteroatoms. The molecule has 1 amide bonds. The number of hydrogen-bond acceptors (Lipinski definition) is 2.